The standard InChI is InChI=1S/C18H21N5S/c1-2-14(16-19-6-8-23(16)10-13-3-4-13)11-22(7-1)17-15-5-9-24-18(15)21-12-20-17/h5-6,8-9,12-14H,1-4,7,10-11H2/t14-/m1/s1. The van der Waals surface area contributed by atoms with E-state index in [1.807, 2.05) is 6.20 Å². The van der Waals surface area contributed by atoms with Gasteiger partial charge in [0.1, 0.15) is 22.8 Å². The van der Waals surface area contributed by atoms with Crippen molar-refractivity contribution in [3.8, 4) is 0 Å². The number of hydrogen-bond donors (Lipinski definition) is 0. The maximum atomic E-state index is 4.71. The summed E-state index contributed by atoms with van der Waals surface area (Å²) in [6.45, 7) is 3.22. The van der Waals surface area contributed by atoms with Crippen LogP contribution in [0.1, 0.15) is 37.4 Å². The molecule has 0 radical (unpaired) electrons. The van der Waals surface area contributed by atoms with Crippen molar-refractivity contribution in [2.45, 2.75) is 38.1 Å². The molecule has 0 spiro atoms. The third kappa shape index (κ3) is 2.59. The predicted molar refractivity (Wildman–Crippen MR) is 96.6 cm³/mol. The molecule has 5 nitrogen and oxygen atoms in total. The van der Waals surface area contributed by atoms with Crippen LogP contribution in [-0.2, 0) is 6.54 Å². The van der Waals surface area contributed by atoms with Crippen molar-refractivity contribution in [1.29, 1.82) is 0 Å². The number of aromatic nitrogens is 4. The van der Waals surface area contributed by atoms with Gasteiger partial charge in [-0.2, -0.15) is 0 Å². The number of nitrogens with zero attached hydrogens (tertiary/aromatic N) is 5. The molecule has 1 atom stereocenters. The Kier molecular flexibility index (Phi) is 3.51. The van der Waals surface area contributed by atoms with Gasteiger partial charge in [-0.05, 0) is 43.0 Å². The van der Waals surface area contributed by atoms with Crippen LogP contribution in [0.5, 0.6) is 0 Å². The largest absolute Gasteiger partial charge is 0.355 e. The molecular formula is C18H21N5S. The molecule has 0 N–H and O–H groups in total. The van der Waals surface area contributed by atoms with Crippen molar-refractivity contribution >= 4 is 27.4 Å². The first-order valence-electron chi connectivity index (χ1n) is 8.82. The Morgan fingerprint density at radius 1 is 1.17 bits per heavy atom. The Balaban J connectivity index is 1.42. The lowest BCUT2D eigenvalue weighted by Gasteiger charge is -2.33. The molecule has 1 aliphatic heterocycles. The van der Waals surface area contributed by atoms with Crippen LogP contribution >= 0.6 is 11.3 Å². The molecule has 3 aromatic rings. The fourth-order valence-electron chi connectivity index (χ4n) is 3.82. The van der Waals surface area contributed by atoms with E-state index in [9.17, 15) is 0 Å². The van der Waals surface area contributed by atoms with Crippen LogP contribution in [0.15, 0.2) is 30.2 Å². The highest BCUT2D eigenvalue weighted by molar-refractivity contribution is 7.16. The van der Waals surface area contributed by atoms with Gasteiger partial charge in [0.2, 0.25) is 0 Å². The monoisotopic (exact) mass is 339 g/mol. The molecule has 2 fully saturated rings. The van der Waals surface area contributed by atoms with E-state index in [0.29, 0.717) is 5.92 Å². The molecule has 1 saturated heterocycles. The van der Waals surface area contributed by atoms with E-state index in [0.717, 1.165) is 36.2 Å². The van der Waals surface area contributed by atoms with Crippen molar-refractivity contribution in [1.82, 2.24) is 19.5 Å². The molecule has 0 amide bonds. The van der Waals surface area contributed by atoms with Crippen LogP contribution in [0, 0.1) is 5.92 Å². The second-order valence-electron chi connectivity index (χ2n) is 7.00. The Bertz CT molecular complexity index is 850. The van der Waals surface area contributed by atoms with E-state index in [-0.39, 0.29) is 0 Å². The van der Waals surface area contributed by atoms with E-state index >= 15 is 0 Å². The third-order valence-corrected chi connectivity index (χ3v) is 6.05. The highest BCUT2D eigenvalue weighted by Crippen LogP contribution is 2.35. The Morgan fingerprint density at radius 3 is 3.04 bits per heavy atom. The normalized spacial score (nSPS) is 21.5. The second-order valence-corrected chi connectivity index (χ2v) is 7.90. The highest BCUT2D eigenvalue weighted by atomic mass is 32.1. The maximum absolute atomic E-state index is 4.71. The second kappa shape index (κ2) is 5.84. The van der Waals surface area contributed by atoms with Crippen molar-refractivity contribution < 1.29 is 0 Å². The van der Waals surface area contributed by atoms with Crippen LogP contribution < -0.4 is 4.90 Å². The van der Waals surface area contributed by atoms with Gasteiger partial charge in [0.15, 0.2) is 0 Å². The van der Waals surface area contributed by atoms with E-state index in [1.54, 1.807) is 17.7 Å². The summed E-state index contributed by atoms with van der Waals surface area (Å²) in [6, 6.07) is 2.15. The number of piperidine rings is 1. The van der Waals surface area contributed by atoms with Crippen LogP contribution in [-0.4, -0.2) is 32.6 Å². The molecule has 6 heteroatoms. The Labute approximate surface area is 145 Å². The van der Waals surface area contributed by atoms with Gasteiger partial charge in [-0.3, -0.25) is 0 Å². The van der Waals surface area contributed by atoms with Gasteiger partial charge < -0.3 is 9.47 Å². The molecule has 5 rings (SSSR count). The van der Waals surface area contributed by atoms with Crippen LogP contribution in [0.4, 0.5) is 5.82 Å². The van der Waals surface area contributed by atoms with E-state index in [2.05, 4.69) is 37.1 Å². The molecule has 1 aliphatic carbocycles. The van der Waals surface area contributed by atoms with Crippen molar-refractivity contribution in [2.75, 3.05) is 18.0 Å². The van der Waals surface area contributed by atoms with Crippen LogP contribution in [0.3, 0.4) is 0 Å². The average Bonchev–Trinajstić information content (AvgIpc) is 3.10. The molecule has 0 unspecified atom stereocenters. The van der Waals surface area contributed by atoms with Gasteiger partial charge in [0.25, 0.3) is 0 Å². The first-order valence-corrected chi connectivity index (χ1v) is 9.70. The zero-order valence-electron chi connectivity index (χ0n) is 13.6. The molecule has 4 heterocycles. The molecule has 2 aliphatic rings. The third-order valence-electron chi connectivity index (χ3n) is 5.23. The van der Waals surface area contributed by atoms with E-state index in [4.69, 9.17) is 4.98 Å². The predicted octanol–water partition coefficient (Wildman–Crippen LogP) is 3.68. The van der Waals surface area contributed by atoms with Crippen molar-refractivity contribution in [3.63, 3.8) is 0 Å². The number of fused-ring (bicyclic) bond motifs is 1. The van der Waals surface area contributed by atoms with Gasteiger partial charge in [0, 0.05) is 37.9 Å². The van der Waals surface area contributed by atoms with Crippen LogP contribution in [0.25, 0.3) is 10.2 Å². The number of rotatable bonds is 4. The maximum Gasteiger partial charge on any atom is 0.140 e. The topological polar surface area (TPSA) is 46.8 Å². The Hall–Kier alpha value is -1.95. The van der Waals surface area contributed by atoms with Gasteiger partial charge in [0.05, 0.1) is 5.39 Å². The lowest BCUT2D eigenvalue weighted by atomic mass is 9.97. The minimum absolute atomic E-state index is 0.496. The lowest BCUT2D eigenvalue weighted by Crippen LogP contribution is -2.36. The molecule has 124 valence electrons. The molecular weight excluding hydrogens is 318 g/mol. The van der Waals surface area contributed by atoms with E-state index < -0.39 is 0 Å². The van der Waals surface area contributed by atoms with Gasteiger partial charge >= 0.3 is 0 Å². The molecule has 0 bridgehead atoms. The molecule has 1 saturated carbocycles. The smallest absolute Gasteiger partial charge is 0.140 e. The van der Waals surface area contributed by atoms with Gasteiger partial charge in [-0.25, -0.2) is 15.0 Å². The number of imidazole rings is 1. The van der Waals surface area contributed by atoms with Crippen molar-refractivity contribution in [3.05, 3.63) is 36.0 Å². The first-order chi connectivity index (χ1) is 11.9. The summed E-state index contributed by atoms with van der Waals surface area (Å²) in [5.41, 5.74) is 0. The van der Waals surface area contributed by atoms with Crippen LogP contribution in [0.2, 0.25) is 0 Å². The SMILES string of the molecule is c1cn(CC2CC2)c([C@@H]2CCCN(c3ncnc4sccc34)C2)n1. The fraction of sp³-hybridized carbons (Fsp3) is 0.500. The molecule has 24 heavy (non-hydrogen) atoms. The molecule has 0 aromatic carbocycles. The summed E-state index contributed by atoms with van der Waals surface area (Å²) in [5.74, 6) is 3.73. The summed E-state index contributed by atoms with van der Waals surface area (Å²) in [7, 11) is 0. The zero-order chi connectivity index (χ0) is 15.9. The summed E-state index contributed by atoms with van der Waals surface area (Å²) < 4.78 is 2.39. The highest BCUT2D eigenvalue weighted by Gasteiger charge is 2.28. The first kappa shape index (κ1) is 14.4. The summed E-state index contributed by atoms with van der Waals surface area (Å²) in [5, 5.41) is 3.29. The summed E-state index contributed by atoms with van der Waals surface area (Å²) >= 11 is 1.69. The van der Waals surface area contributed by atoms with Gasteiger partial charge in [-0.15, -0.1) is 11.3 Å². The summed E-state index contributed by atoms with van der Waals surface area (Å²) in [6.07, 6.45) is 11.0. The quantitative estimate of drug-likeness (QED) is 0.727. The Morgan fingerprint density at radius 2 is 2.12 bits per heavy atom. The number of hydrogen-bond acceptors (Lipinski definition) is 5. The minimum atomic E-state index is 0.496. The molecule has 3 aromatic heterocycles. The van der Waals surface area contributed by atoms with Gasteiger partial charge in [-0.1, -0.05) is 0 Å². The number of thiophene rings is 1. The number of anilines is 1. The van der Waals surface area contributed by atoms with E-state index in [1.165, 1.54) is 36.9 Å². The lowest BCUT2D eigenvalue weighted by molar-refractivity contribution is 0.462. The van der Waals surface area contributed by atoms with Crippen molar-refractivity contribution in [2.24, 2.45) is 5.92 Å². The zero-order valence-corrected chi connectivity index (χ0v) is 14.5. The average molecular weight is 339 g/mol. The fourth-order valence-corrected chi connectivity index (χ4v) is 4.55. The minimum Gasteiger partial charge on any atom is -0.355 e. The summed E-state index contributed by atoms with van der Waals surface area (Å²) in [4.78, 5) is 17.2.